The van der Waals surface area contributed by atoms with Gasteiger partial charge in [-0.3, -0.25) is 0 Å². The fourth-order valence-corrected chi connectivity index (χ4v) is 2.41. The quantitative estimate of drug-likeness (QED) is 0.799. The molecule has 0 aliphatic carbocycles. The first-order valence-corrected chi connectivity index (χ1v) is 6.27. The van der Waals surface area contributed by atoms with Gasteiger partial charge < -0.3 is 4.90 Å². The number of aromatic nitrogens is 4. The van der Waals surface area contributed by atoms with Crippen LogP contribution in [0.5, 0.6) is 0 Å². The molecule has 0 aromatic carbocycles. The fourth-order valence-electron chi connectivity index (χ4n) is 2.41. The fraction of sp³-hybridized carbons (Fsp3) is 0.583. The van der Waals surface area contributed by atoms with E-state index in [9.17, 15) is 0 Å². The van der Waals surface area contributed by atoms with E-state index >= 15 is 0 Å². The zero-order valence-electron chi connectivity index (χ0n) is 9.92. The number of nitrogens with zero attached hydrogens (tertiary/aromatic N) is 5. The Bertz CT molecular complexity index is 486. The van der Waals surface area contributed by atoms with Gasteiger partial charge in [-0.2, -0.15) is 5.10 Å². The van der Waals surface area contributed by atoms with Crippen LogP contribution in [0.25, 0.3) is 11.0 Å². The largest absolute Gasteiger partial charge is 0.301 e. The molecule has 0 spiro atoms. The monoisotopic (exact) mass is 231 g/mol. The minimum absolute atomic E-state index is 0.917. The predicted octanol–water partition coefficient (Wildman–Crippen LogP) is 1.31. The first-order chi connectivity index (χ1) is 8.43. The summed E-state index contributed by atoms with van der Waals surface area (Å²) in [6.07, 6.45) is 9.29. The van der Waals surface area contributed by atoms with Crippen molar-refractivity contribution in [1.82, 2.24) is 24.6 Å². The van der Waals surface area contributed by atoms with E-state index in [4.69, 9.17) is 0 Å². The van der Waals surface area contributed by atoms with E-state index in [1.54, 1.807) is 6.33 Å². The maximum Gasteiger partial charge on any atom is 0.161 e. The molecule has 1 aliphatic heterocycles. The molecule has 17 heavy (non-hydrogen) atoms. The summed E-state index contributed by atoms with van der Waals surface area (Å²) < 4.78 is 1.98. The molecule has 1 saturated heterocycles. The minimum Gasteiger partial charge on any atom is -0.301 e. The minimum atomic E-state index is 0.917. The summed E-state index contributed by atoms with van der Waals surface area (Å²) in [7, 11) is 0. The topological polar surface area (TPSA) is 46.8 Å². The Hall–Kier alpha value is -1.49. The normalized spacial score (nSPS) is 17.6. The second-order valence-corrected chi connectivity index (χ2v) is 4.57. The van der Waals surface area contributed by atoms with Crippen molar-refractivity contribution < 1.29 is 0 Å². The van der Waals surface area contributed by atoms with Crippen molar-refractivity contribution in [2.24, 2.45) is 0 Å². The summed E-state index contributed by atoms with van der Waals surface area (Å²) in [5.41, 5.74) is 0.942. The van der Waals surface area contributed by atoms with Gasteiger partial charge in [0, 0.05) is 12.7 Å². The van der Waals surface area contributed by atoms with E-state index in [1.165, 1.54) is 32.4 Å². The van der Waals surface area contributed by atoms with Crippen molar-refractivity contribution in [3.05, 3.63) is 18.7 Å². The lowest BCUT2D eigenvalue weighted by atomic mass is 10.1. The molecular weight excluding hydrogens is 214 g/mol. The zero-order valence-corrected chi connectivity index (χ0v) is 9.92. The summed E-state index contributed by atoms with van der Waals surface area (Å²) in [6, 6.07) is 0. The molecule has 90 valence electrons. The molecule has 3 rings (SSSR count). The lowest BCUT2D eigenvalue weighted by Gasteiger charge is -2.26. The Labute approximate surface area is 100 Å². The first kappa shape index (κ1) is 10.7. The third-order valence-corrected chi connectivity index (χ3v) is 3.38. The molecule has 0 bridgehead atoms. The molecule has 0 N–H and O–H groups in total. The molecule has 0 atom stereocenters. The second kappa shape index (κ2) is 4.79. The van der Waals surface area contributed by atoms with Gasteiger partial charge in [-0.25, -0.2) is 14.6 Å². The summed E-state index contributed by atoms with van der Waals surface area (Å²) >= 11 is 0. The van der Waals surface area contributed by atoms with Gasteiger partial charge in [0.2, 0.25) is 0 Å². The summed E-state index contributed by atoms with van der Waals surface area (Å²) in [5, 5.41) is 5.39. The van der Waals surface area contributed by atoms with Crippen molar-refractivity contribution in [2.45, 2.75) is 25.8 Å². The van der Waals surface area contributed by atoms with Crippen LogP contribution in [-0.2, 0) is 6.54 Å². The van der Waals surface area contributed by atoms with Crippen LogP contribution in [0.15, 0.2) is 18.7 Å². The van der Waals surface area contributed by atoms with Crippen molar-refractivity contribution in [1.29, 1.82) is 0 Å². The molecule has 0 saturated carbocycles. The van der Waals surface area contributed by atoms with E-state index < -0.39 is 0 Å². The number of rotatable bonds is 3. The van der Waals surface area contributed by atoms with Gasteiger partial charge in [0.05, 0.1) is 18.1 Å². The highest BCUT2D eigenvalue weighted by Crippen LogP contribution is 2.10. The van der Waals surface area contributed by atoms with Crippen molar-refractivity contribution in [3.8, 4) is 0 Å². The van der Waals surface area contributed by atoms with E-state index in [2.05, 4.69) is 20.0 Å². The molecular formula is C12H17N5. The Kier molecular flexibility index (Phi) is 3.00. The summed E-state index contributed by atoms with van der Waals surface area (Å²) in [4.78, 5) is 10.8. The highest BCUT2D eigenvalue weighted by atomic mass is 15.3. The van der Waals surface area contributed by atoms with Gasteiger partial charge in [0.25, 0.3) is 0 Å². The van der Waals surface area contributed by atoms with Crippen LogP contribution in [0.1, 0.15) is 19.3 Å². The van der Waals surface area contributed by atoms with Gasteiger partial charge in [0.1, 0.15) is 6.33 Å². The molecule has 0 radical (unpaired) electrons. The number of hydrogen-bond acceptors (Lipinski definition) is 4. The molecule has 5 heteroatoms. The standard InChI is InChI=1S/C12H17N5/c1-2-4-16(5-3-1)6-7-17-12-11(9-15-17)8-13-10-14-12/h8-10H,1-7H2. The van der Waals surface area contributed by atoms with Gasteiger partial charge >= 0.3 is 0 Å². The molecule has 2 aromatic heterocycles. The van der Waals surface area contributed by atoms with Crippen LogP contribution in [0.4, 0.5) is 0 Å². The highest BCUT2D eigenvalue weighted by molar-refractivity contribution is 5.72. The Morgan fingerprint density at radius 1 is 1.06 bits per heavy atom. The van der Waals surface area contributed by atoms with Crippen LogP contribution < -0.4 is 0 Å². The SMILES string of the molecule is c1ncc2cnn(CCN3CCCCC3)c2n1. The van der Waals surface area contributed by atoms with Crippen molar-refractivity contribution in [2.75, 3.05) is 19.6 Å². The molecule has 1 aliphatic rings. The van der Waals surface area contributed by atoms with Crippen LogP contribution in [-0.4, -0.2) is 44.3 Å². The molecule has 1 fully saturated rings. The molecule has 3 heterocycles. The second-order valence-electron chi connectivity index (χ2n) is 4.57. The van der Waals surface area contributed by atoms with E-state index in [0.717, 1.165) is 24.1 Å². The predicted molar refractivity (Wildman–Crippen MR) is 65.6 cm³/mol. The van der Waals surface area contributed by atoms with Crippen LogP contribution in [0, 0.1) is 0 Å². The van der Waals surface area contributed by atoms with Crippen LogP contribution >= 0.6 is 0 Å². The molecule has 0 unspecified atom stereocenters. The third kappa shape index (κ3) is 2.29. The number of likely N-dealkylation sites (tertiary alicyclic amines) is 1. The summed E-state index contributed by atoms with van der Waals surface area (Å²) in [5.74, 6) is 0. The van der Waals surface area contributed by atoms with Gasteiger partial charge in [-0.1, -0.05) is 6.42 Å². The summed E-state index contributed by atoms with van der Waals surface area (Å²) in [6.45, 7) is 4.45. The Morgan fingerprint density at radius 2 is 1.94 bits per heavy atom. The smallest absolute Gasteiger partial charge is 0.161 e. The van der Waals surface area contributed by atoms with E-state index in [1.807, 2.05) is 17.1 Å². The molecule has 5 nitrogen and oxygen atoms in total. The lowest BCUT2D eigenvalue weighted by Crippen LogP contribution is -2.32. The third-order valence-electron chi connectivity index (χ3n) is 3.38. The average molecular weight is 231 g/mol. The number of fused-ring (bicyclic) bond motifs is 1. The number of piperidine rings is 1. The van der Waals surface area contributed by atoms with Gasteiger partial charge in [-0.15, -0.1) is 0 Å². The first-order valence-electron chi connectivity index (χ1n) is 6.27. The van der Waals surface area contributed by atoms with Crippen LogP contribution in [0.3, 0.4) is 0 Å². The van der Waals surface area contributed by atoms with Crippen molar-refractivity contribution in [3.63, 3.8) is 0 Å². The maximum atomic E-state index is 4.37. The van der Waals surface area contributed by atoms with Crippen molar-refractivity contribution >= 4 is 11.0 Å². The lowest BCUT2D eigenvalue weighted by molar-refractivity contribution is 0.219. The zero-order chi connectivity index (χ0) is 11.5. The maximum absolute atomic E-state index is 4.37. The Balaban J connectivity index is 1.68. The van der Waals surface area contributed by atoms with E-state index in [-0.39, 0.29) is 0 Å². The average Bonchev–Trinajstić information content (AvgIpc) is 2.81. The Morgan fingerprint density at radius 3 is 2.82 bits per heavy atom. The van der Waals surface area contributed by atoms with Gasteiger partial charge in [0.15, 0.2) is 5.65 Å². The highest BCUT2D eigenvalue weighted by Gasteiger charge is 2.10. The van der Waals surface area contributed by atoms with Gasteiger partial charge in [-0.05, 0) is 25.9 Å². The molecule has 2 aromatic rings. The molecule has 0 amide bonds. The van der Waals surface area contributed by atoms with Crippen LogP contribution in [0.2, 0.25) is 0 Å². The number of hydrogen-bond donors (Lipinski definition) is 0. The van der Waals surface area contributed by atoms with E-state index in [0.29, 0.717) is 0 Å².